The van der Waals surface area contributed by atoms with E-state index in [-0.39, 0.29) is 6.42 Å². The maximum Gasteiger partial charge on any atom is 0.309 e. The van der Waals surface area contributed by atoms with Gasteiger partial charge in [-0.3, -0.25) is 4.79 Å². The Morgan fingerprint density at radius 3 is 2.86 bits per heavy atom. The summed E-state index contributed by atoms with van der Waals surface area (Å²) in [5.74, 6) is -0.137. The number of aliphatic carboxylic acids is 1. The van der Waals surface area contributed by atoms with Crippen molar-refractivity contribution in [2.75, 3.05) is 7.11 Å². The zero-order valence-corrected chi connectivity index (χ0v) is 12.2. The fraction of sp³-hybridized carbons (Fsp3) is 0.125. The molecule has 1 aromatic heterocycles. The summed E-state index contributed by atoms with van der Waals surface area (Å²) in [4.78, 5) is 15.2. The number of aromatic nitrogens is 1. The molecule has 0 spiro atoms. The van der Waals surface area contributed by atoms with Crippen LogP contribution in [0.25, 0.3) is 21.3 Å². The highest BCUT2D eigenvalue weighted by Crippen LogP contribution is 2.38. The summed E-state index contributed by atoms with van der Waals surface area (Å²) < 4.78 is 5.45. The molecule has 0 bridgehead atoms. The van der Waals surface area contributed by atoms with Gasteiger partial charge in [0.25, 0.3) is 0 Å². The van der Waals surface area contributed by atoms with Crippen molar-refractivity contribution in [3.63, 3.8) is 0 Å². The molecule has 1 heterocycles. The number of carbonyl (C=O) groups is 1. The van der Waals surface area contributed by atoms with Crippen molar-refractivity contribution in [1.82, 2.24) is 4.98 Å². The van der Waals surface area contributed by atoms with E-state index < -0.39 is 5.97 Å². The number of benzene rings is 2. The minimum absolute atomic E-state index is 0.0659. The van der Waals surface area contributed by atoms with Crippen LogP contribution in [0.5, 0.6) is 5.75 Å². The van der Waals surface area contributed by atoms with Gasteiger partial charge >= 0.3 is 5.97 Å². The molecule has 0 saturated carbocycles. The average Bonchev–Trinajstić information content (AvgIpc) is 2.93. The number of nitrogens with zero attached hydrogens (tertiary/aromatic N) is 1. The standard InChI is InChI=1S/C16H13NO3S/c1-20-13-7-6-10-4-2-3-5-12(10)15(13)16-17-11(9-21-16)8-14(18)19/h2-7,9H,8H2,1H3,(H,18,19). The number of rotatable bonds is 4. The van der Waals surface area contributed by atoms with Crippen LogP contribution in [-0.2, 0) is 11.2 Å². The lowest BCUT2D eigenvalue weighted by atomic mass is 10.0. The first kappa shape index (κ1) is 13.6. The maximum absolute atomic E-state index is 10.8. The van der Waals surface area contributed by atoms with E-state index in [9.17, 15) is 4.79 Å². The van der Waals surface area contributed by atoms with E-state index in [1.165, 1.54) is 11.3 Å². The Labute approximate surface area is 125 Å². The van der Waals surface area contributed by atoms with E-state index in [0.29, 0.717) is 5.69 Å². The number of fused-ring (bicyclic) bond motifs is 1. The zero-order valence-electron chi connectivity index (χ0n) is 11.4. The van der Waals surface area contributed by atoms with Gasteiger partial charge in [0.05, 0.1) is 24.8 Å². The molecular formula is C16H13NO3S. The van der Waals surface area contributed by atoms with E-state index >= 15 is 0 Å². The van der Waals surface area contributed by atoms with Gasteiger partial charge in [-0.2, -0.15) is 0 Å². The van der Waals surface area contributed by atoms with Crippen LogP contribution in [0.15, 0.2) is 41.8 Å². The molecule has 0 saturated heterocycles. The number of hydrogen-bond donors (Lipinski definition) is 1. The van der Waals surface area contributed by atoms with E-state index in [2.05, 4.69) is 4.98 Å². The highest BCUT2D eigenvalue weighted by atomic mass is 32.1. The van der Waals surface area contributed by atoms with Crippen LogP contribution in [0.2, 0.25) is 0 Å². The molecule has 21 heavy (non-hydrogen) atoms. The molecule has 3 rings (SSSR count). The van der Waals surface area contributed by atoms with Gasteiger partial charge in [-0.15, -0.1) is 11.3 Å². The van der Waals surface area contributed by atoms with Crippen LogP contribution in [0, 0.1) is 0 Å². The Balaban J connectivity index is 2.18. The van der Waals surface area contributed by atoms with Crippen LogP contribution in [0.3, 0.4) is 0 Å². The summed E-state index contributed by atoms with van der Waals surface area (Å²) in [6.07, 6.45) is -0.0659. The number of hydrogen-bond acceptors (Lipinski definition) is 4. The minimum Gasteiger partial charge on any atom is -0.496 e. The van der Waals surface area contributed by atoms with Crippen LogP contribution >= 0.6 is 11.3 Å². The number of ether oxygens (including phenoxy) is 1. The van der Waals surface area contributed by atoms with Crippen LogP contribution < -0.4 is 4.74 Å². The molecule has 0 aliphatic rings. The van der Waals surface area contributed by atoms with E-state index in [0.717, 1.165) is 27.1 Å². The Hall–Kier alpha value is -2.40. The Bertz CT molecular complexity index is 810. The number of thiazole rings is 1. The van der Waals surface area contributed by atoms with E-state index in [1.54, 1.807) is 12.5 Å². The smallest absolute Gasteiger partial charge is 0.309 e. The van der Waals surface area contributed by atoms with Gasteiger partial charge in [0.1, 0.15) is 10.8 Å². The van der Waals surface area contributed by atoms with Gasteiger partial charge in [0.2, 0.25) is 0 Å². The number of carboxylic acids is 1. The molecule has 0 unspecified atom stereocenters. The van der Waals surface area contributed by atoms with E-state index in [1.807, 2.05) is 36.4 Å². The summed E-state index contributed by atoms with van der Waals surface area (Å²) in [6.45, 7) is 0. The molecule has 0 radical (unpaired) electrons. The Morgan fingerprint density at radius 2 is 2.10 bits per heavy atom. The highest BCUT2D eigenvalue weighted by molar-refractivity contribution is 7.13. The SMILES string of the molecule is COc1ccc2ccccc2c1-c1nc(CC(=O)O)cs1. The largest absolute Gasteiger partial charge is 0.496 e. The second-order valence-electron chi connectivity index (χ2n) is 4.58. The van der Waals surface area contributed by atoms with Crippen molar-refractivity contribution in [2.24, 2.45) is 0 Å². The van der Waals surface area contributed by atoms with Crippen molar-refractivity contribution in [1.29, 1.82) is 0 Å². The summed E-state index contributed by atoms with van der Waals surface area (Å²) in [5.41, 5.74) is 1.48. The third-order valence-corrected chi connectivity index (χ3v) is 4.12. The van der Waals surface area contributed by atoms with Crippen molar-refractivity contribution >= 4 is 28.1 Å². The van der Waals surface area contributed by atoms with Gasteiger partial charge < -0.3 is 9.84 Å². The molecule has 5 heteroatoms. The summed E-state index contributed by atoms with van der Waals surface area (Å²) in [6, 6.07) is 11.9. The summed E-state index contributed by atoms with van der Waals surface area (Å²) in [5, 5.41) is 13.6. The lowest BCUT2D eigenvalue weighted by Gasteiger charge is -2.09. The van der Waals surface area contributed by atoms with Gasteiger partial charge in [-0.25, -0.2) is 4.98 Å². The average molecular weight is 299 g/mol. The fourth-order valence-electron chi connectivity index (χ4n) is 2.30. The van der Waals surface area contributed by atoms with Gasteiger partial charge in [0.15, 0.2) is 0 Å². The van der Waals surface area contributed by atoms with E-state index in [4.69, 9.17) is 9.84 Å². The van der Waals surface area contributed by atoms with Crippen molar-refractivity contribution in [3.8, 4) is 16.3 Å². The molecular weight excluding hydrogens is 286 g/mol. The Morgan fingerprint density at radius 1 is 1.29 bits per heavy atom. The molecule has 0 amide bonds. The predicted octanol–water partition coefficient (Wildman–Crippen LogP) is 3.60. The lowest BCUT2D eigenvalue weighted by Crippen LogP contribution is -2.00. The minimum atomic E-state index is -0.878. The van der Waals surface area contributed by atoms with Crippen LogP contribution in [0.1, 0.15) is 5.69 Å². The first-order chi connectivity index (χ1) is 10.2. The first-order valence-corrected chi connectivity index (χ1v) is 7.29. The Kier molecular flexibility index (Phi) is 3.58. The van der Waals surface area contributed by atoms with Gasteiger partial charge in [0, 0.05) is 5.38 Å². The fourth-order valence-corrected chi connectivity index (χ4v) is 3.18. The highest BCUT2D eigenvalue weighted by Gasteiger charge is 2.15. The molecule has 0 atom stereocenters. The predicted molar refractivity (Wildman–Crippen MR) is 82.9 cm³/mol. The normalized spacial score (nSPS) is 10.7. The number of methoxy groups -OCH3 is 1. The first-order valence-electron chi connectivity index (χ1n) is 6.41. The molecule has 2 aromatic carbocycles. The van der Waals surface area contributed by atoms with Crippen molar-refractivity contribution in [3.05, 3.63) is 47.5 Å². The second-order valence-corrected chi connectivity index (χ2v) is 5.44. The molecule has 0 fully saturated rings. The molecule has 106 valence electrons. The lowest BCUT2D eigenvalue weighted by molar-refractivity contribution is -0.136. The third-order valence-electron chi connectivity index (χ3n) is 3.21. The van der Waals surface area contributed by atoms with Crippen LogP contribution in [-0.4, -0.2) is 23.2 Å². The molecule has 0 aliphatic carbocycles. The monoisotopic (exact) mass is 299 g/mol. The van der Waals surface area contributed by atoms with Crippen molar-refractivity contribution < 1.29 is 14.6 Å². The van der Waals surface area contributed by atoms with Gasteiger partial charge in [-0.1, -0.05) is 30.3 Å². The second kappa shape index (κ2) is 5.54. The summed E-state index contributed by atoms with van der Waals surface area (Å²) in [7, 11) is 1.62. The zero-order chi connectivity index (χ0) is 14.8. The summed E-state index contributed by atoms with van der Waals surface area (Å²) >= 11 is 1.43. The quantitative estimate of drug-likeness (QED) is 0.799. The molecule has 4 nitrogen and oxygen atoms in total. The van der Waals surface area contributed by atoms with Gasteiger partial charge in [-0.05, 0) is 16.8 Å². The van der Waals surface area contributed by atoms with Crippen molar-refractivity contribution in [2.45, 2.75) is 6.42 Å². The van der Waals surface area contributed by atoms with Crippen LogP contribution in [0.4, 0.5) is 0 Å². The molecule has 3 aromatic rings. The third kappa shape index (κ3) is 2.60. The molecule has 1 N–H and O–H groups in total. The molecule has 0 aliphatic heterocycles. The maximum atomic E-state index is 10.8. The topological polar surface area (TPSA) is 59.4 Å². The number of carboxylic acid groups (broad SMARTS) is 1.